The average molecular weight is 319 g/mol. The summed E-state index contributed by atoms with van der Waals surface area (Å²) in [6.07, 6.45) is 3.78. The summed E-state index contributed by atoms with van der Waals surface area (Å²) in [6.45, 7) is 9.22. The summed E-state index contributed by atoms with van der Waals surface area (Å²) in [7, 11) is 0. The van der Waals surface area contributed by atoms with E-state index in [1.165, 1.54) is 12.4 Å². The number of nitrogens with two attached hydrogens (primary N) is 1. The van der Waals surface area contributed by atoms with Gasteiger partial charge in [-0.3, -0.25) is 9.59 Å². The minimum atomic E-state index is -0.580. The number of hydrogen-bond donors (Lipinski definition) is 2. The molecule has 0 aliphatic carbocycles. The molecule has 0 radical (unpaired) electrons. The number of rotatable bonds is 3. The molecule has 7 nitrogen and oxygen atoms in total. The van der Waals surface area contributed by atoms with Gasteiger partial charge in [0.2, 0.25) is 5.91 Å². The number of carbonyl (C=O) groups excluding carboxylic acids is 2. The first-order valence-corrected chi connectivity index (χ1v) is 7.78. The van der Waals surface area contributed by atoms with Crippen LogP contribution in [0.2, 0.25) is 0 Å². The molecular formula is C16H25N5O2. The third-order valence-corrected chi connectivity index (χ3v) is 4.15. The summed E-state index contributed by atoms with van der Waals surface area (Å²) in [5.74, 6) is -0.224. The fourth-order valence-electron chi connectivity index (χ4n) is 2.39. The largest absolute Gasteiger partial charge is 0.337 e. The van der Waals surface area contributed by atoms with Crippen molar-refractivity contribution in [2.24, 2.45) is 16.6 Å². The highest BCUT2D eigenvalue weighted by molar-refractivity contribution is 6.02. The Morgan fingerprint density at radius 3 is 2.57 bits per heavy atom. The van der Waals surface area contributed by atoms with Gasteiger partial charge in [-0.1, -0.05) is 27.7 Å². The van der Waals surface area contributed by atoms with E-state index in [1.54, 1.807) is 25.7 Å². The molecule has 1 saturated heterocycles. The zero-order chi connectivity index (χ0) is 17.3. The van der Waals surface area contributed by atoms with Gasteiger partial charge in [0.1, 0.15) is 0 Å². The number of amides is 2. The van der Waals surface area contributed by atoms with Crippen LogP contribution in [0.3, 0.4) is 0 Å². The second-order valence-electron chi connectivity index (χ2n) is 7.45. The van der Waals surface area contributed by atoms with E-state index in [-0.39, 0.29) is 28.7 Å². The molecule has 1 fully saturated rings. The van der Waals surface area contributed by atoms with Crippen molar-refractivity contribution in [2.45, 2.75) is 34.1 Å². The van der Waals surface area contributed by atoms with Gasteiger partial charge in [-0.15, -0.1) is 0 Å². The lowest BCUT2D eigenvalue weighted by atomic mass is 9.90. The quantitative estimate of drug-likeness (QED) is 0.873. The Morgan fingerprint density at radius 1 is 1.35 bits per heavy atom. The van der Waals surface area contributed by atoms with E-state index >= 15 is 0 Å². The van der Waals surface area contributed by atoms with E-state index in [1.807, 2.05) is 0 Å². The van der Waals surface area contributed by atoms with Crippen LogP contribution in [0.15, 0.2) is 12.4 Å². The first-order valence-electron chi connectivity index (χ1n) is 7.78. The molecule has 3 N–H and O–H groups in total. The van der Waals surface area contributed by atoms with Gasteiger partial charge in [-0.2, -0.15) is 0 Å². The molecule has 2 rings (SSSR count). The molecule has 1 aliphatic rings. The summed E-state index contributed by atoms with van der Waals surface area (Å²) in [4.78, 5) is 34.9. The van der Waals surface area contributed by atoms with Crippen molar-refractivity contribution in [2.75, 3.05) is 25.0 Å². The van der Waals surface area contributed by atoms with Crippen LogP contribution in [0.25, 0.3) is 0 Å². The monoisotopic (exact) mass is 319 g/mol. The fraction of sp³-hybridized carbons (Fsp3) is 0.625. The molecule has 23 heavy (non-hydrogen) atoms. The standard InChI is InChI=1S/C16H25N5O2/c1-15(2,3)14(23)20-12-11(18-6-7-19-12)13(22)21-8-5-16(4,9-17)10-21/h6-7H,5,8-10,17H2,1-4H3,(H,19,20,23). The predicted molar refractivity (Wildman–Crippen MR) is 87.8 cm³/mol. The highest BCUT2D eigenvalue weighted by Crippen LogP contribution is 2.30. The summed E-state index contributed by atoms with van der Waals surface area (Å²) in [6, 6.07) is 0. The molecular weight excluding hydrogens is 294 g/mol. The number of nitrogens with zero attached hydrogens (tertiary/aromatic N) is 3. The highest BCUT2D eigenvalue weighted by Gasteiger charge is 2.36. The third-order valence-electron chi connectivity index (χ3n) is 4.15. The van der Waals surface area contributed by atoms with Crippen LogP contribution in [0.5, 0.6) is 0 Å². The molecule has 7 heteroatoms. The van der Waals surface area contributed by atoms with Crippen molar-refractivity contribution in [3.05, 3.63) is 18.1 Å². The van der Waals surface area contributed by atoms with Crippen LogP contribution in [-0.2, 0) is 4.79 Å². The van der Waals surface area contributed by atoms with Crippen LogP contribution < -0.4 is 11.1 Å². The smallest absolute Gasteiger partial charge is 0.276 e. The lowest BCUT2D eigenvalue weighted by Gasteiger charge is -2.23. The Kier molecular flexibility index (Phi) is 4.70. The fourth-order valence-corrected chi connectivity index (χ4v) is 2.39. The van der Waals surface area contributed by atoms with Gasteiger partial charge >= 0.3 is 0 Å². The van der Waals surface area contributed by atoms with Gasteiger partial charge < -0.3 is 16.0 Å². The Labute approximate surface area is 136 Å². The molecule has 126 valence electrons. The number of aromatic nitrogens is 2. The predicted octanol–water partition coefficient (Wildman–Crippen LogP) is 1.27. The van der Waals surface area contributed by atoms with E-state index < -0.39 is 5.41 Å². The average Bonchev–Trinajstić information content (AvgIpc) is 2.89. The van der Waals surface area contributed by atoms with Gasteiger partial charge in [0.25, 0.3) is 5.91 Å². The summed E-state index contributed by atoms with van der Waals surface area (Å²) in [5, 5.41) is 2.70. The van der Waals surface area contributed by atoms with Crippen LogP contribution in [0.4, 0.5) is 5.82 Å². The van der Waals surface area contributed by atoms with Gasteiger partial charge in [0.15, 0.2) is 11.5 Å². The number of anilines is 1. The van der Waals surface area contributed by atoms with Crippen molar-refractivity contribution in [3.63, 3.8) is 0 Å². The maximum absolute atomic E-state index is 12.7. The minimum Gasteiger partial charge on any atom is -0.337 e. The lowest BCUT2D eigenvalue weighted by molar-refractivity contribution is -0.123. The molecule has 2 heterocycles. The Morgan fingerprint density at radius 2 is 2.00 bits per heavy atom. The zero-order valence-corrected chi connectivity index (χ0v) is 14.2. The van der Waals surface area contributed by atoms with Gasteiger partial charge in [0, 0.05) is 30.9 Å². The summed E-state index contributed by atoms with van der Waals surface area (Å²) < 4.78 is 0. The molecule has 1 aromatic rings. The molecule has 1 aromatic heterocycles. The molecule has 0 bridgehead atoms. The SMILES string of the molecule is CC1(CN)CCN(C(=O)c2nccnc2NC(=O)C(C)(C)C)C1. The second kappa shape index (κ2) is 6.23. The van der Waals surface area contributed by atoms with Crippen molar-refractivity contribution >= 4 is 17.6 Å². The minimum absolute atomic E-state index is 0.0628. The topological polar surface area (TPSA) is 101 Å². The molecule has 1 atom stereocenters. The zero-order valence-electron chi connectivity index (χ0n) is 14.2. The van der Waals surface area contributed by atoms with Crippen molar-refractivity contribution in [1.82, 2.24) is 14.9 Å². The maximum Gasteiger partial charge on any atom is 0.276 e. The Hall–Kier alpha value is -2.02. The lowest BCUT2D eigenvalue weighted by Crippen LogP contribution is -2.36. The summed E-state index contributed by atoms with van der Waals surface area (Å²) in [5.41, 5.74) is 5.32. The highest BCUT2D eigenvalue weighted by atomic mass is 16.2. The van der Waals surface area contributed by atoms with Gasteiger partial charge in [0.05, 0.1) is 0 Å². The van der Waals surface area contributed by atoms with Crippen LogP contribution in [0.1, 0.15) is 44.6 Å². The Bertz CT molecular complexity index is 611. The van der Waals surface area contributed by atoms with Crippen molar-refractivity contribution in [3.8, 4) is 0 Å². The van der Waals surface area contributed by atoms with Crippen molar-refractivity contribution < 1.29 is 9.59 Å². The summed E-state index contributed by atoms with van der Waals surface area (Å²) >= 11 is 0. The number of likely N-dealkylation sites (tertiary alicyclic amines) is 1. The molecule has 2 amide bonds. The van der Waals surface area contributed by atoms with Gasteiger partial charge in [-0.05, 0) is 18.4 Å². The van der Waals surface area contributed by atoms with E-state index in [9.17, 15) is 9.59 Å². The molecule has 0 saturated carbocycles. The van der Waals surface area contributed by atoms with Crippen LogP contribution in [-0.4, -0.2) is 46.3 Å². The third kappa shape index (κ3) is 3.85. The van der Waals surface area contributed by atoms with E-state index in [4.69, 9.17) is 5.73 Å². The number of hydrogen-bond acceptors (Lipinski definition) is 5. The molecule has 1 aliphatic heterocycles. The molecule has 0 spiro atoms. The Balaban J connectivity index is 2.21. The van der Waals surface area contributed by atoms with E-state index in [0.29, 0.717) is 19.6 Å². The van der Waals surface area contributed by atoms with Crippen LogP contribution >= 0.6 is 0 Å². The maximum atomic E-state index is 12.7. The first kappa shape index (κ1) is 17.3. The normalized spacial score (nSPS) is 21.3. The molecule has 1 unspecified atom stereocenters. The van der Waals surface area contributed by atoms with E-state index in [2.05, 4.69) is 22.2 Å². The second-order valence-corrected chi connectivity index (χ2v) is 7.45. The van der Waals surface area contributed by atoms with Crippen molar-refractivity contribution in [1.29, 1.82) is 0 Å². The van der Waals surface area contributed by atoms with Crippen LogP contribution in [0, 0.1) is 10.8 Å². The van der Waals surface area contributed by atoms with E-state index in [0.717, 1.165) is 6.42 Å². The number of carbonyl (C=O) groups is 2. The first-order chi connectivity index (χ1) is 10.7. The number of nitrogens with one attached hydrogen (secondary N) is 1. The molecule has 0 aromatic carbocycles. The van der Waals surface area contributed by atoms with Gasteiger partial charge in [-0.25, -0.2) is 9.97 Å².